The van der Waals surface area contributed by atoms with Crippen molar-refractivity contribution in [2.45, 2.75) is 12.4 Å². The maximum atomic E-state index is 12.2. The predicted octanol–water partition coefficient (Wildman–Crippen LogP) is 2.68. The lowest BCUT2D eigenvalue weighted by Crippen LogP contribution is -2.28. The van der Waals surface area contributed by atoms with Crippen molar-refractivity contribution in [1.29, 1.82) is 0 Å². The fourth-order valence-electron chi connectivity index (χ4n) is 1.20. The van der Waals surface area contributed by atoms with Crippen molar-refractivity contribution in [3.63, 3.8) is 0 Å². The first-order valence-electron chi connectivity index (χ1n) is 4.67. The second kappa shape index (κ2) is 4.97. The van der Waals surface area contributed by atoms with Crippen molar-refractivity contribution in [2.24, 2.45) is 0 Å². The van der Waals surface area contributed by atoms with Gasteiger partial charge in [-0.3, -0.25) is 10.1 Å². The summed E-state index contributed by atoms with van der Waals surface area (Å²) in [5.74, 6) is -1.07. The summed E-state index contributed by atoms with van der Waals surface area (Å²) >= 11 is 0. The molecule has 0 heterocycles. The van der Waals surface area contributed by atoms with Gasteiger partial charge in [0.2, 0.25) is 5.75 Å². The first-order valence-corrected chi connectivity index (χ1v) is 6.07. The molecule has 0 aliphatic rings. The van der Waals surface area contributed by atoms with Gasteiger partial charge >= 0.3 is 21.3 Å². The van der Waals surface area contributed by atoms with E-state index in [4.69, 9.17) is 6.57 Å². The van der Waals surface area contributed by atoms with Crippen molar-refractivity contribution >= 4 is 21.5 Å². The van der Waals surface area contributed by atoms with Crippen LogP contribution in [0.15, 0.2) is 12.1 Å². The molecule has 0 aliphatic carbocycles. The molecule has 11 heteroatoms. The molecule has 20 heavy (non-hydrogen) atoms. The van der Waals surface area contributed by atoms with Crippen LogP contribution in [0.4, 0.5) is 24.5 Å². The van der Waals surface area contributed by atoms with Crippen molar-refractivity contribution < 1.29 is 30.7 Å². The summed E-state index contributed by atoms with van der Waals surface area (Å²) in [5.41, 5.74) is -7.26. The SMILES string of the molecule is [C-]#[N+]c1cc(C)c(OS(=O)(=O)C(F)(F)F)c([N+](=O)[O-])c1. The second-order valence-electron chi connectivity index (χ2n) is 3.46. The maximum absolute atomic E-state index is 12.2. The molecule has 0 radical (unpaired) electrons. The van der Waals surface area contributed by atoms with Crippen molar-refractivity contribution in [3.8, 4) is 5.75 Å². The molecule has 1 aromatic rings. The van der Waals surface area contributed by atoms with Gasteiger partial charge in [0.1, 0.15) is 0 Å². The van der Waals surface area contributed by atoms with E-state index in [1.54, 1.807) is 0 Å². The molecule has 0 unspecified atom stereocenters. The standard InChI is InChI=1S/C9H5F3N2O5S/c1-5-3-6(13-2)4-7(14(15)16)8(5)19-20(17,18)9(10,11)12/h3-4H,1H3. The molecule has 0 aliphatic heterocycles. The zero-order valence-corrected chi connectivity index (χ0v) is 10.4. The fraction of sp³-hybridized carbons (Fsp3) is 0.222. The molecule has 0 saturated heterocycles. The van der Waals surface area contributed by atoms with Crippen LogP contribution in [-0.2, 0) is 10.1 Å². The van der Waals surface area contributed by atoms with Crippen LogP contribution in [0.25, 0.3) is 4.85 Å². The molecule has 0 spiro atoms. The maximum Gasteiger partial charge on any atom is 0.534 e. The number of hydrogen-bond donors (Lipinski definition) is 0. The van der Waals surface area contributed by atoms with E-state index >= 15 is 0 Å². The summed E-state index contributed by atoms with van der Waals surface area (Å²) in [7, 11) is -6.03. The van der Waals surface area contributed by atoms with Gasteiger partial charge in [-0.1, -0.05) is 0 Å². The van der Waals surface area contributed by atoms with E-state index < -0.39 is 32.0 Å². The van der Waals surface area contributed by atoms with Gasteiger partial charge in [0.05, 0.1) is 11.5 Å². The zero-order valence-electron chi connectivity index (χ0n) is 9.63. The Balaban J connectivity index is 3.48. The lowest BCUT2D eigenvalue weighted by Gasteiger charge is -2.11. The molecule has 0 bridgehead atoms. The lowest BCUT2D eigenvalue weighted by molar-refractivity contribution is -0.385. The Kier molecular flexibility index (Phi) is 3.90. The predicted molar refractivity (Wildman–Crippen MR) is 59.7 cm³/mol. The molecule has 1 rings (SSSR count). The first kappa shape index (κ1) is 15.7. The highest BCUT2D eigenvalue weighted by Gasteiger charge is 2.49. The molecule has 0 fully saturated rings. The monoisotopic (exact) mass is 310 g/mol. The lowest BCUT2D eigenvalue weighted by atomic mass is 10.1. The van der Waals surface area contributed by atoms with Crippen molar-refractivity contribution in [3.05, 3.63) is 39.2 Å². The number of nitro groups is 1. The number of aryl methyl sites for hydroxylation is 1. The zero-order chi connectivity index (χ0) is 15.7. The average molecular weight is 310 g/mol. The van der Waals surface area contributed by atoms with Crippen molar-refractivity contribution in [1.82, 2.24) is 0 Å². The number of rotatable bonds is 3. The Morgan fingerprint density at radius 1 is 1.40 bits per heavy atom. The Morgan fingerprint density at radius 2 is 1.95 bits per heavy atom. The third-order valence-electron chi connectivity index (χ3n) is 2.04. The van der Waals surface area contributed by atoms with Gasteiger partial charge in [-0.05, 0) is 18.6 Å². The minimum absolute atomic E-state index is 0.231. The highest BCUT2D eigenvalue weighted by atomic mass is 32.2. The van der Waals surface area contributed by atoms with Crippen LogP contribution < -0.4 is 4.18 Å². The molecule has 0 atom stereocenters. The van der Waals surface area contributed by atoms with E-state index in [1.807, 2.05) is 0 Å². The highest BCUT2D eigenvalue weighted by molar-refractivity contribution is 7.88. The first-order chi connectivity index (χ1) is 8.99. The normalized spacial score (nSPS) is 11.8. The summed E-state index contributed by atoms with van der Waals surface area (Å²) in [6.07, 6.45) is 0. The van der Waals surface area contributed by atoms with Crippen LogP contribution in [0.2, 0.25) is 0 Å². The number of benzene rings is 1. The van der Waals surface area contributed by atoms with E-state index in [1.165, 1.54) is 0 Å². The molecule has 108 valence electrons. The topological polar surface area (TPSA) is 90.9 Å². The van der Waals surface area contributed by atoms with Crippen LogP contribution in [0, 0.1) is 23.6 Å². The Labute approximate surface area is 110 Å². The van der Waals surface area contributed by atoms with Gasteiger partial charge in [-0.2, -0.15) is 21.6 Å². The van der Waals surface area contributed by atoms with E-state index in [2.05, 4.69) is 9.03 Å². The Bertz CT molecular complexity index is 706. The van der Waals surface area contributed by atoms with E-state index in [-0.39, 0.29) is 11.3 Å². The van der Waals surface area contributed by atoms with Crippen LogP contribution in [-0.4, -0.2) is 18.8 Å². The van der Waals surface area contributed by atoms with Crippen LogP contribution in [0.3, 0.4) is 0 Å². The molecule has 0 saturated carbocycles. The number of nitrogens with zero attached hydrogens (tertiary/aromatic N) is 2. The van der Waals surface area contributed by atoms with Gasteiger partial charge < -0.3 is 4.18 Å². The van der Waals surface area contributed by atoms with Gasteiger partial charge in [-0.25, -0.2) is 4.85 Å². The minimum atomic E-state index is -6.03. The molecular formula is C9H5F3N2O5S. The third-order valence-corrected chi connectivity index (χ3v) is 3.00. The number of halogens is 3. The summed E-state index contributed by atoms with van der Waals surface area (Å²) in [4.78, 5) is 12.5. The van der Waals surface area contributed by atoms with Gasteiger partial charge in [0, 0.05) is 6.07 Å². The second-order valence-corrected chi connectivity index (χ2v) is 5.00. The van der Waals surface area contributed by atoms with Crippen LogP contribution in [0.5, 0.6) is 5.75 Å². The minimum Gasteiger partial charge on any atom is -0.368 e. The van der Waals surface area contributed by atoms with Gasteiger partial charge in [-0.15, -0.1) is 0 Å². The number of nitro benzene ring substituents is 1. The number of hydrogen-bond acceptors (Lipinski definition) is 5. The summed E-state index contributed by atoms with van der Waals surface area (Å²) in [6, 6.07) is 1.60. The molecule has 0 N–H and O–H groups in total. The van der Waals surface area contributed by atoms with E-state index in [0.717, 1.165) is 13.0 Å². The third kappa shape index (κ3) is 2.97. The van der Waals surface area contributed by atoms with Crippen LogP contribution in [0.1, 0.15) is 5.56 Å². The van der Waals surface area contributed by atoms with E-state index in [0.29, 0.717) is 6.07 Å². The van der Waals surface area contributed by atoms with Gasteiger partial charge in [0.25, 0.3) is 0 Å². The summed E-state index contributed by atoms with van der Waals surface area (Å²) in [5, 5.41) is 10.7. The van der Waals surface area contributed by atoms with Gasteiger partial charge in [0.15, 0.2) is 5.69 Å². The Hall–Kier alpha value is -2.35. The smallest absolute Gasteiger partial charge is 0.368 e. The Morgan fingerprint density at radius 3 is 2.35 bits per heavy atom. The van der Waals surface area contributed by atoms with Crippen LogP contribution >= 0.6 is 0 Å². The quantitative estimate of drug-likeness (QED) is 0.281. The summed E-state index contributed by atoms with van der Waals surface area (Å²) < 4.78 is 62.1. The average Bonchev–Trinajstić information content (AvgIpc) is 2.29. The summed E-state index contributed by atoms with van der Waals surface area (Å²) in [6.45, 7) is 7.78. The molecule has 0 amide bonds. The fourth-order valence-corrected chi connectivity index (χ4v) is 1.73. The molecule has 0 aromatic heterocycles. The largest absolute Gasteiger partial charge is 0.534 e. The molecule has 7 nitrogen and oxygen atoms in total. The van der Waals surface area contributed by atoms with E-state index in [9.17, 15) is 31.7 Å². The highest BCUT2D eigenvalue weighted by Crippen LogP contribution is 2.38. The van der Waals surface area contributed by atoms with Crippen molar-refractivity contribution in [2.75, 3.05) is 0 Å². The number of alkyl halides is 3. The molecular weight excluding hydrogens is 305 g/mol. The molecule has 1 aromatic carbocycles.